The zero-order valence-electron chi connectivity index (χ0n) is 8.66. The van der Waals surface area contributed by atoms with Crippen LogP contribution >= 0.6 is 12.4 Å². The minimum Gasteiger partial charge on any atom is -0.324 e. The van der Waals surface area contributed by atoms with Crippen LogP contribution in [0.4, 0.5) is 4.39 Å². The van der Waals surface area contributed by atoms with E-state index in [9.17, 15) is 4.39 Å². The van der Waals surface area contributed by atoms with E-state index in [1.165, 1.54) is 25.3 Å². The quantitative estimate of drug-likeness (QED) is 0.844. The topological polar surface area (TPSA) is 26.0 Å². The van der Waals surface area contributed by atoms with Gasteiger partial charge < -0.3 is 5.73 Å². The molecule has 0 radical (unpaired) electrons. The maximum absolute atomic E-state index is 12.9. The molecule has 84 valence electrons. The summed E-state index contributed by atoms with van der Waals surface area (Å²) in [6.45, 7) is 0. The molecule has 0 aliphatic heterocycles. The molecule has 2 rings (SSSR count). The molecule has 0 saturated heterocycles. The Bertz CT molecular complexity index is 312. The van der Waals surface area contributed by atoms with E-state index in [2.05, 4.69) is 0 Å². The summed E-state index contributed by atoms with van der Waals surface area (Å²) in [7, 11) is 0. The van der Waals surface area contributed by atoms with E-state index in [0.717, 1.165) is 17.9 Å². The van der Waals surface area contributed by atoms with E-state index in [1.54, 1.807) is 12.1 Å². The first-order valence-electron chi connectivity index (χ1n) is 5.27. The second kappa shape index (κ2) is 5.47. The van der Waals surface area contributed by atoms with Crippen molar-refractivity contribution < 1.29 is 4.39 Å². The average Bonchev–Trinajstić information content (AvgIpc) is 2.11. The number of hydrogen-bond donors (Lipinski definition) is 1. The molecule has 1 unspecified atom stereocenters. The van der Waals surface area contributed by atoms with Crippen molar-refractivity contribution in [3.8, 4) is 0 Å². The van der Waals surface area contributed by atoms with Crippen molar-refractivity contribution >= 4 is 12.4 Å². The summed E-state index contributed by atoms with van der Waals surface area (Å²) in [5, 5.41) is 0. The fourth-order valence-electron chi connectivity index (χ4n) is 1.96. The van der Waals surface area contributed by atoms with E-state index in [-0.39, 0.29) is 24.3 Å². The maximum atomic E-state index is 12.9. The first kappa shape index (κ1) is 12.5. The van der Waals surface area contributed by atoms with Crippen molar-refractivity contribution in [3.05, 3.63) is 35.6 Å². The molecule has 1 aromatic carbocycles. The highest BCUT2D eigenvalue weighted by atomic mass is 35.5. The Balaban J connectivity index is 0.00000112. The van der Waals surface area contributed by atoms with Gasteiger partial charge in [-0.15, -0.1) is 12.4 Å². The molecular formula is C12H17ClFN. The molecule has 1 fully saturated rings. The summed E-state index contributed by atoms with van der Waals surface area (Å²) in [5.74, 6) is 0.583. The highest BCUT2D eigenvalue weighted by Crippen LogP contribution is 2.33. The third-order valence-electron chi connectivity index (χ3n) is 3.09. The van der Waals surface area contributed by atoms with Crippen LogP contribution in [0.2, 0.25) is 0 Å². The largest absolute Gasteiger partial charge is 0.324 e. The molecule has 1 saturated carbocycles. The molecule has 3 heteroatoms. The number of benzene rings is 1. The van der Waals surface area contributed by atoms with Gasteiger partial charge >= 0.3 is 0 Å². The second-order valence-corrected chi connectivity index (χ2v) is 4.19. The van der Waals surface area contributed by atoms with Crippen LogP contribution in [0.15, 0.2) is 24.3 Å². The fourth-order valence-corrected chi connectivity index (χ4v) is 1.96. The minimum atomic E-state index is -0.188. The third kappa shape index (κ3) is 3.18. The smallest absolute Gasteiger partial charge is 0.123 e. The number of nitrogens with two attached hydrogens (primary N) is 1. The zero-order valence-corrected chi connectivity index (χ0v) is 9.47. The molecule has 1 aliphatic rings. The monoisotopic (exact) mass is 229 g/mol. The SMILES string of the molecule is Cl.NC(CC1CCC1)c1cccc(F)c1. The normalized spacial score (nSPS) is 17.7. The van der Waals surface area contributed by atoms with Crippen molar-refractivity contribution in [1.29, 1.82) is 0 Å². The van der Waals surface area contributed by atoms with E-state index < -0.39 is 0 Å². The maximum Gasteiger partial charge on any atom is 0.123 e. The Hall–Kier alpha value is -0.600. The molecule has 15 heavy (non-hydrogen) atoms. The second-order valence-electron chi connectivity index (χ2n) is 4.19. The Morgan fingerprint density at radius 1 is 1.40 bits per heavy atom. The lowest BCUT2D eigenvalue weighted by Crippen LogP contribution is -2.20. The zero-order chi connectivity index (χ0) is 9.97. The van der Waals surface area contributed by atoms with Crippen LogP contribution in [0, 0.1) is 11.7 Å². The lowest BCUT2D eigenvalue weighted by atomic mass is 9.80. The molecule has 0 bridgehead atoms. The van der Waals surface area contributed by atoms with E-state index in [1.807, 2.05) is 6.07 Å². The lowest BCUT2D eigenvalue weighted by molar-refractivity contribution is 0.277. The van der Waals surface area contributed by atoms with Crippen LogP contribution in [0.5, 0.6) is 0 Å². The van der Waals surface area contributed by atoms with Crippen molar-refractivity contribution in [3.63, 3.8) is 0 Å². The Morgan fingerprint density at radius 2 is 2.13 bits per heavy atom. The molecule has 1 aliphatic carbocycles. The first-order valence-corrected chi connectivity index (χ1v) is 5.27. The van der Waals surface area contributed by atoms with E-state index in [0.29, 0.717) is 0 Å². The van der Waals surface area contributed by atoms with Crippen LogP contribution < -0.4 is 5.73 Å². The first-order chi connectivity index (χ1) is 6.75. The van der Waals surface area contributed by atoms with Crippen molar-refractivity contribution in [2.45, 2.75) is 31.7 Å². The Kier molecular flexibility index (Phi) is 4.55. The van der Waals surface area contributed by atoms with E-state index in [4.69, 9.17) is 5.73 Å². The molecular weight excluding hydrogens is 213 g/mol. The van der Waals surface area contributed by atoms with Gasteiger partial charge in [0.15, 0.2) is 0 Å². The van der Waals surface area contributed by atoms with E-state index >= 15 is 0 Å². The van der Waals surface area contributed by atoms with Crippen LogP contribution in [-0.2, 0) is 0 Å². The molecule has 0 heterocycles. The van der Waals surface area contributed by atoms with Crippen LogP contribution in [0.1, 0.15) is 37.3 Å². The summed E-state index contributed by atoms with van der Waals surface area (Å²) in [4.78, 5) is 0. The highest BCUT2D eigenvalue weighted by molar-refractivity contribution is 5.85. The van der Waals surface area contributed by atoms with Gasteiger partial charge in [0.2, 0.25) is 0 Å². The van der Waals surface area contributed by atoms with Gasteiger partial charge in [0.25, 0.3) is 0 Å². The summed E-state index contributed by atoms with van der Waals surface area (Å²) >= 11 is 0. The van der Waals surface area contributed by atoms with Gasteiger partial charge in [0, 0.05) is 6.04 Å². The molecule has 1 aromatic rings. The molecule has 0 spiro atoms. The average molecular weight is 230 g/mol. The van der Waals surface area contributed by atoms with Gasteiger partial charge in [-0.2, -0.15) is 0 Å². The van der Waals surface area contributed by atoms with Gasteiger partial charge in [-0.1, -0.05) is 31.4 Å². The third-order valence-corrected chi connectivity index (χ3v) is 3.09. The van der Waals surface area contributed by atoms with Gasteiger partial charge in [0.05, 0.1) is 0 Å². The van der Waals surface area contributed by atoms with Gasteiger partial charge in [-0.25, -0.2) is 4.39 Å². The molecule has 0 amide bonds. The van der Waals surface area contributed by atoms with Crippen molar-refractivity contribution in [1.82, 2.24) is 0 Å². The van der Waals surface area contributed by atoms with Gasteiger partial charge in [0.1, 0.15) is 5.82 Å². The highest BCUT2D eigenvalue weighted by Gasteiger charge is 2.20. The fraction of sp³-hybridized carbons (Fsp3) is 0.500. The number of rotatable bonds is 3. The molecule has 0 aromatic heterocycles. The standard InChI is InChI=1S/C12H16FN.ClH/c13-11-6-2-5-10(8-11)12(14)7-9-3-1-4-9;/h2,5-6,8-9,12H,1,3-4,7,14H2;1H. The summed E-state index contributed by atoms with van der Waals surface area (Å²) in [6, 6.07) is 6.65. The summed E-state index contributed by atoms with van der Waals surface area (Å²) < 4.78 is 12.9. The van der Waals surface area contributed by atoms with Crippen LogP contribution in [0.25, 0.3) is 0 Å². The minimum absolute atomic E-state index is 0. The predicted molar refractivity (Wildman–Crippen MR) is 62.5 cm³/mol. The Labute approximate surface area is 96.3 Å². The number of hydrogen-bond acceptors (Lipinski definition) is 1. The van der Waals surface area contributed by atoms with Crippen molar-refractivity contribution in [2.24, 2.45) is 11.7 Å². The summed E-state index contributed by atoms with van der Waals surface area (Å²) in [6.07, 6.45) is 4.93. The molecule has 2 N–H and O–H groups in total. The van der Waals surface area contributed by atoms with Crippen molar-refractivity contribution in [2.75, 3.05) is 0 Å². The lowest BCUT2D eigenvalue weighted by Gasteiger charge is -2.28. The van der Waals surface area contributed by atoms with Crippen LogP contribution in [-0.4, -0.2) is 0 Å². The Morgan fingerprint density at radius 3 is 2.67 bits per heavy atom. The van der Waals surface area contributed by atoms with Gasteiger partial charge in [-0.3, -0.25) is 0 Å². The molecule has 1 atom stereocenters. The van der Waals surface area contributed by atoms with Gasteiger partial charge in [-0.05, 0) is 30.0 Å². The number of halogens is 2. The van der Waals surface area contributed by atoms with Crippen LogP contribution in [0.3, 0.4) is 0 Å². The molecule has 1 nitrogen and oxygen atoms in total. The predicted octanol–water partition coefficient (Wildman–Crippen LogP) is 3.44. The summed E-state index contributed by atoms with van der Waals surface area (Å²) in [5.41, 5.74) is 6.94.